The number of guanidine groups is 1. The third-order valence-corrected chi connectivity index (χ3v) is 5.30. The molecule has 0 radical (unpaired) electrons. The molecule has 0 unspecified atom stereocenters. The minimum atomic E-state index is 0. The molecule has 1 aliphatic heterocycles. The molecule has 0 bridgehead atoms. The molecular weight excluding hydrogens is 441 g/mol. The van der Waals surface area contributed by atoms with Crippen molar-refractivity contribution in [1.82, 2.24) is 10.6 Å². The van der Waals surface area contributed by atoms with Crippen LogP contribution in [-0.4, -0.2) is 45.9 Å². The summed E-state index contributed by atoms with van der Waals surface area (Å²) in [6.45, 7) is 6.22. The lowest BCUT2D eigenvalue weighted by atomic mass is 9.74. The number of nitrogens with one attached hydrogen (secondary N) is 2. The first-order valence-electron chi connectivity index (χ1n) is 9.51. The second-order valence-electron chi connectivity index (χ2n) is 7.10. The average Bonchev–Trinajstić information content (AvgIpc) is 3.48. The second-order valence-corrected chi connectivity index (χ2v) is 7.10. The number of rotatable bonds is 7. The van der Waals surface area contributed by atoms with Crippen molar-refractivity contribution >= 4 is 29.9 Å². The van der Waals surface area contributed by atoms with Crippen molar-refractivity contribution in [3.63, 3.8) is 0 Å². The molecule has 1 saturated carbocycles. The molecule has 2 fully saturated rings. The molecule has 1 aromatic carbocycles. The summed E-state index contributed by atoms with van der Waals surface area (Å²) < 4.78 is 11.2. The van der Waals surface area contributed by atoms with Crippen LogP contribution in [0.3, 0.4) is 0 Å². The summed E-state index contributed by atoms with van der Waals surface area (Å²) in [5.41, 5.74) is 1.43. The lowest BCUT2D eigenvalue weighted by molar-refractivity contribution is 0.0513. The van der Waals surface area contributed by atoms with E-state index < -0.39 is 0 Å². The van der Waals surface area contributed by atoms with Crippen LogP contribution in [0.25, 0.3) is 0 Å². The summed E-state index contributed by atoms with van der Waals surface area (Å²) in [4.78, 5) is 4.38. The maximum Gasteiger partial charge on any atom is 0.191 e. The molecule has 0 atom stereocenters. The zero-order chi connectivity index (χ0) is 17.5. The van der Waals surface area contributed by atoms with E-state index in [1.165, 1.54) is 18.4 Å². The number of nitrogens with zero attached hydrogens (tertiary/aromatic N) is 1. The lowest BCUT2D eigenvalue weighted by Crippen LogP contribution is -2.48. The first-order chi connectivity index (χ1) is 12.3. The van der Waals surface area contributed by atoms with Gasteiger partial charge in [-0.2, -0.15) is 0 Å². The summed E-state index contributed by atoms with van der Waals surface area (Å²) >= 11 is 0. The van der Waals surface area contributed by atoms with E-state index in [0.717, 1.165) is 56.8 Å². The maximum atomic E-state index is 5.63. The number of aliphatic imine (C=N–C) groups is 1. The maximum absolute atomic E-state index is 5.63. The molecule has 2 aliphatic rings. The molecule has 0 aromatic heterocycles. The van der Waals surface area contributed by atoms with Crippen LogP contribution in [-0.2, 0) is 10.2 Å². The predicted octanol–water partition coefficient (Wildman–Crippen LogP) is 3.33. The van der Waals surface area contributed by atoms with Crippen molar-refractivity contribution in [2.24, 2.45) is 10.9 Å². The predicted molar refractivity (Wildman–Crippen MR) is 117 cm³/mol. The third-order valence-electron chi connectivity index (χ3n) is 5.30. The molecule has 5 nitrogen and oxygen atoms in total. The van der Waals surface area contributed by atoms with Gasteiger partial charge in [-0.15, -0.1) is 24.0 Å². The summed E-state index contributed by atoms with van der Waals surface area (Å²) in [6.07, 6.45) is 4.73. The van der Waals surface area contributed by atoms with Crippen molar-refractivity contribution in [3.05, 3.63) is 29.8 Å². The fourth-order valence-corrected chi connectivity index (χ4v) is 3.44. The molecule has 0 spiro atoms. The van der Waals surface area contributed by atoms with Crippen LogP contribution in [0.2, 0.25) is 0 Å². The first-order valence-corrected chi connectivity index (χ1v) is 9.51. The summed E-state index contributed by atoms with van der Waals surface area (Å²) in [7, 11) is 1.84. The van der Waals surface area contributed by atoms with Gasteiger partial charge >= 0.3 is 0 Å². The van der Waals surface area contributed by atoms with E-state index >= 15 is 0 Å². The quantitative estimate of drug-likeness (QED) is 0.363. The first kappa shape index (κ1) is 21.3. The highest BCUT2D eigenvalue weighted by Gasteiger charge is 2.34. The van der Waals surface area contributed by atoms with E-state index in [1.54, 1.807) is 0 Å². The highest BCUT2D eigenvalue weighted by atomic mass is 127. The Labute approximate surface area is 174 Å². The number of halogens is 1. The molecule has 1 heterocycles. The number of benzene rings is 1. The van der Waals surface area contributed by atoms with Gasteiger partial charge in [-0.05, 0) is 56.2 Å². The van der Waals surface area contributed by atoms with E-state index in [9.17, 15) is 0 Å². The Morgan fingerprint density at radius 1 is 1.19 bits per heavy atom. The Kier molecular flexibility index (Phi) is 8.47. The smallest absolute Gasteiger partial charge is 0.191 e. The topological polar surface area (TPSA) is 54.9 Å². The Morgan fingerprint density at radius 3 is 2.46 bits per heavy atom. The van der Waals surface area contributed by atoms with Crippen molar-refractivity contribution in [3.8, 4) is 5.75 Å². The Hall–Kier alpha value is -1.02. The number of ether oxygens (including phenoxy) is 2. The van der Waals surface area contributed by atoms with Crippen molar-refractivity contribution in [1.29, 1.82) is 0 Å². The summed E-state index contributed by atoms with van der Waals surface area (Å²) in [5, 5.41) is 7.01. The summed E-state index contributed by atoms with van der Waals surface area (Å²) in [6, 6.07) is 8.57. The van der Waals surface area contributed by atoms with Crippen LogP contribution >= 0.6 is 24.0 Å². The van der Waals surface area contributed by atoms with Crippen molar-refractivity contribution in [2.75, 3.05) is 40.0 Å². The number of hydrogen-bond donors (Lipinski definition) is 2. The molecule has 146 valence electrons. The normalized spacial score (nSPS) is 19.4. The van der Waals surface area contributed by atoms with Gasteiger partial charge in [0.1, 0.15) is 5.75 Å². The van der Waals surface area contributed by atoms with Crippen LogP contribution < -0.4 is 15.4 Å². The minimum absolute atomic E-state index is 0. The van der Waals surface area contributed by atoms with Crippen molar-refractivity contribution < 1.29 is 9.47 Å². The van der Waals surface area contributed by atoms with E-state index in [1.807, 2.05) is 14.0 Å². The van der Waals surface area contributed by atoms with Crippen LogP contribution in [0, 0.1) is 5.92 Å². The minimum Gasteiger partial charge on any atom is -0.494 e. The highest BCUT2D eigenvalue weighted by molar-refractivity contribution is 14.0. The number of hydrogen-bond acceptors (Lipinski definition) is 3. The van der Waals surface area contributed by atoms with Crippen LogP contribution in [0.15, 0.2) is 29.3 Å². The van der Waals surface area contributed by atoms with E-state index in [0.29, 0.717) is 6.61 Å². The molecule has 6 heteroatoms. The molecule has 3 rings (SSSR count). The molecule has 2 N–H and O–H groups in total. The highest BCUT2D eigenvalue weighted by Crippen LogP contribution is 2.35. The van der Waals surface area contributed by atoms with Gasteiger partial charge in [0.2, 0.25) is 0 Å². The Bertz CT molecular complexity index is 567. The molecule has 1 saturated heterocycles. The largest absolute Gasteiger partial charge is 0.494 e. The van der Waals surface area contributed by atoms with Crippen molar-refractivity contribution in [2.45, 2.75) is 38.0 Å². The Morgan fingerprint density at radius 2 is 1.88 bits per heavy atom. The molecule has 0 amide bonds. The van der Waals surface area contributed by atoms with E-state index in [-0.39, 0.29) is 29.4 Å². The molecule has 26 heavy (non-hydrogen) atoms. The van der Waals surface area contributed by atoms with Gasteiger partial charge in [0.05, 0.1) is 6.61 Å². The standard InChI is InChI=1S/C20H31N3O2.HI/c1-3-25-18-8-6-17(7-9-18)20(10-12-24-13-11-20)15-23-19(21-2)22-14-16-4-5-16;/h6-9,16H,3-5,10-15H2,1-2H3,(H2,21,22,23);1H. The SMILES string of the molecule is CCOc1ccc(C2(CNC(=NC)NCC3CC3)CCOCC2)cc1.I. The molecule has 1 aromatic rings. The van der Waals surface area contributed by atoms with Gasteiger partial charge in [-0.3, -0.25) is 4.99 Å². The third kappa shape index (κ3) is 5.74. The van der Waals surface area contributed by atoms with Gasteiger partial charge in [0.25, 0.3) is 0 Å². The summed E-state index contributed by atoms with van der Waals surface area (Å²) in [5.74, 6) is 2.67. The van der Waals surface area contributed by atoms with E-state index in [2.05, 4.69) is 39.9 Å². The van der Waals surface area contributed by atoms with Gasteiger partial charge in [0, 0.05) is 38.8 Å². The van der Waals surface area contributed by atoms with Gasteiger partial charge in [-0.1, -0.05) is 12.1 Å². The fraction of sp³-hybridized carbons (Fsp3) is 0.650. The molecular formula is C20H32IN3O2. The lowest BCUT2D eigenvalue weighted by Gasteiger charge is -2.38. The fourth-order valence-electron chi connectivity index (χ4n) is 3.44. The van der Waals surface area contributed by atoms with Crippen LogP contribution in [0.5, 0.6) is 5.75 Å². The Balaban J connectivity index is 0.00000243. The van der Waals surface area contributed by atoms with Crippen LogP contribution in [0.1, 0.15) is 38.2 Å². The van der Waals surface area contributed by atoms with Gasteiger partial charge in [0.15, 0.2) is 5.96 Å². The van der Waals surface area contributed by atoms with Crippen LogP contribution in [0.4, 0.5) is 0 Å². The average molecular weight is 473 g/mol. The van der Waals surface area contributed by atoms with Gasteiger partial charge in [-0.25, -0.2) is 0 Å². The zero-order valence-electron chi connectivity index (χ0n) is 15.9. The molecule has 1 aliphatic carbocycles. The monoisotopic (exact) mass is 473 g/mol. The van der Waals surface area contributed by atoms with E-state index in [4.69, 9.17) is 9.47 Å². The second kappa shape index (κ2) is 10.3. The zero-order valence-corrected chi connectivity index (χ0v) is 18.3. The van der Waals surface area contributed by atoms with Gasteiger partial charge < -0.3 is 20.1 Å².